The molecular formula is C15H18N6O2. The molecule has 0 radical (unpaired) electrons. The van der Waals surface area contributed by atoms with Gasteiger partial charge in [0.25, 0.3) is 5.69 Å². The summed E-state index contributed by atoms with van der Waals surface area (Å²) in [6, 6.07) is 2.07. The molecule has 2 aromatic rings. The zero-order chi connectivity index (χ0) is 16.0. The third-order valence-corrected chi connectivity index (χ3v) is 4.34. The summed E-state index contributed by atoms with van der Waals surface area (Å²) in [7, 11) is 0. The first-order valence-electron chi connectivity index (χ1n) is 7.92. The number of aromatic nitrogens is 4. The van der Waals surface area contributed by atoms with Crippen molar-refractivity contribution in [1.82, 2.24) is 19.7 Å². The van der Waals surface area contributed by atoms with E-state index >= 15 is 0 Å². The van der Waals surface area contributed by atoms with E-state index in [-0.39, 0.29) is 5.69 Å². The minimum Gasteiger partial charge on any atom is -0.363 e. The molecule has 0 amide bonds. The molecule has 8 nitrogen and oxygen atoms in total. The van der Waals surface area contributed by atoms with E-state index < -0.39 is 4.92 Å². The van der Waals surface area contributed by atoms with E-state index in [4.69, 9.17) is 0 Å². The Balaban J connectivity index is 1.52. The van der Waals surface area contributed by atoms with Crippen LogP contribution in [0.5, 0.6) is 0 Å². The van der Waals surface area contributed by atoms with E-state index in [1.807, 2.05) is 6.92 Å². The van der Waals surface area contributed by atoms with Crippen molar-refractivity contribution in [2.24, 2.45) is 0 Å². The molecule has 2 heterocycles. The third-order valence-electron chi connectivity index (χ3n) is 4.34. The van der Waals surface area contributed by atoms with Crippen LogP contribution in [0.3, 0.4) is 0 Å². The van der Waals surface area contributed by atoms with E-state index in [0.717, 1.165) is 17.2 Å². The van der Waals surface area contributed by atoms with E-state index in [9.17, 15) is 10.1 Å². The largest absolute Gasteiger partial charge is 0.363 e. The number of anilines is 1. The summed E-state index contributed by atoms with van der Waals surface area (Å²) in [5, 5.41) is 22.7. The van der Waals surface area contributed by atoms with Gasteiger partial charge in [-0.1, -0.05) is 0 Å². The van der Waals surface area contributed by atoms with E-state index in [1.165, 1.54) is 37.9 Å². The van der Waals surface area contributed by atoms with Crippen molar-refractivity contribution in [3.63, 3.8) is 0 Å². The molecule has 2 saturated carbocycles. The Labute approximate surface area is 133 Å². The van der Waals surface area contributed by atoms with Gasteiger partial charge in [0.05, 0.1) is 11.5 Å². The lowest BCUT2D eigenvalue weighted by Gasteiger charge is -2.11. The van der Waals surface area contributed by atoms with Gasteiger partial charge in [-0.25, -0.2) is 4.98 Å². The van der Waals surface area contributed by atoms with Crippen LogP contribution >= 0.6 is 0 Å². The normalized spacial score (nSPS) is 17.3. The Bertz CT molecular complexity index is 763. The number of aryl methyl sites for hydroxylation is 1. The molecule has 2 aliphatic carbocycles. The Morgan fingerprint density at radius 1 is 1.35 bits per heavy atom. The molecule has 2 aromatic heterocycles. The van der Waals surface area contributed by atoms with Crippen LogP contribution in [0.15, 0.2) is 12.3 Å². The summed E-state index contributed by atoms with van der Waals surface area (Å²) in [5.41, 5.74) is 0.754. The molecule has 0 atom stereocenters. The summed E-state index contributed by atoms with van der Waals surface area (Å²) >= 11 is 0. The topological polar surface area (TPSA) is 98.8 Å². The highest BCUT2D eigenvalue weighted by Crippen LogP contribution is 2.44. The van der Waals surface area contributed by atoms with Gasteiger partial charge in [0.2, 0.25) is 0 Å². The molecule has 0 aromatic carbocycles. The van der Waals surface area contributed by atoms with E-state index in [0.29, 0.717) is 24.3 Å². The van der Waals surface area contributed by atoms with Crippen LogP contribution in [0.4, 0.5) is 11.5 Å². The lowest BCUT2D eigenvalue weighted by atomic mass is 10.2. The molecule has 0 saturated heterocycles. The van der Waals surface area contributed by atoms with Crippen molar-refractivity contribution < 1.29 is 4.92 Å². The number of pyridine rings is 1. The number of nitro groups is 1. The van der Waals surface area contributed by atoms with Crippen LogP contribution in [0.2, 0.25) is 0 Å². The molecular weight excluding hydrogens is 296 g/mol. The first-order chi connectivity index (χ1) is 11.1. The average molecular weight is 314 g/mol. The van der Waals surface area contributed by atoms with Crippen LogP contribution in [-0.2, 0) is 6.54 Å². The maximum absolute atomic E-state index is 10.8. The third kappa shape index (κ3) is 2.76. The molecule has 2 aliphatic rings. The minimum atomic E-state index is -0.435. The van der Waals surface area contributed by atoms with Crippen LogP contribution in [0, 0.1) is 17.0 Å². The highest BCUT2D eigenvalue weighted by Gasteiger charge is 2.36. The first kappa shape index (κ1) is 14.1. The molecule has 120 valence electrons. The predicted octanol–water partition coefficient (Wildman–Crippen LogP) is 2.71. The second-order valence-electron chi connectivity index (χ2n) is 6.32. The number of rotatable bonds is 6. The van der Waals surface area contributed by atoms with Crippen LogP contribution in [0.1, 0.15) is 54.9 Å². The van der Waals surface area contributed by atoms with Gasteiger partial charge in [0.1, 0.15) is 17.8 Å². The molecule has 0 unspecified atom stereocenters. The van der Waals surface area contributed by atoms with Crippen LogP contribution in [0.25, 0.3) is 0 Å². The monoisotopic (exact) mass is 314 g/mol. The van der Waals surface area contributed by atoms with Gasteiger partial charge in [-0.2, -0.15) is 0 Å². The van der Waals surface area contributed by atoms with Crippen molar-refractivity contribution in [1.29, 1.82) is 0 Å². The lowest BCUT2D eigenvalue weighted by Crippen LogP contribution is -2.11. The Morgan fingerprint density at radius 2 is 2.13 bits per heavy atom. The zero-order valence-electron chi connectivity index (χ0n) is 12.9. The van der Waals surface area contributed by atoms with Crippen molar-refractivity contribution in [3.05, 3.63) is 39.6 Å². The fourth-order valence-electron chi connectivity index (χ4n) is 2.82. The van der Waals surface area contributed by atoms with Crippen molar-refractivity contribution in [2.75, 3.05) is 5.32 Å². The lowest BCUT2D eigenvalue weighted by molar-refractivity contribution is -0.385. The van der Waals surface area contributed by atoms with E-state index in [1.54, 1.807) is 0 Å². The molecule has 4 rings (SSSR count). The van der Waals surface area contributed by atoms with Crippen LogP contribution < -0.4 is 5.32 Å². The molecule has 1 N–H and O–H groups in total. The number of nitrogens with zero attached hydrogens (tertiary/aromatic N) is 5. The predicted molar refractivity (Wildman–Crippen MR) is 83.2 cm³/mol. The highest BCUT2D eigenvalue weighted by molar-refractivity contribution is 5.48. The first-order valence-corrected chi connectivity index (χ1v) is 7.92. The molecule has 0 spiro atoms. The van der Waals surface area contributed by atoms with Gasteiger partial charge in [0.15, 0.2) is 5.82 Å². The maximum Gasteiger partial charge on any atom is 0.287 e. The number of hydrogen-bond donors (Lipinski definition) is 1. The molecule has 8 heteroatoms. The molecule has 0 bridgehead atoms. The quantitative estimate of drug-likeness (QED) is 0.650. The summed E-state index contributed by atoms with van der Waals surface area (Å²) in [6.45, 7) is 2.34. The summed E-state index contributed by atoms with van der Waals surface area (Å²) in [6.07, 6.45) is 6.08. The molecule has 23 heavy (non-hydrogen) atoms. The van der Waals surface area contributed by atoms with Gasteiger partial charge >= 0.3 is 0 Å². The van der Waals surface area contributed by atoms with Gasteiger partial charge in [0, 0.05) is 18.0 Å². The summed E-state index contributed by atoms with van der Waals surface area (Å²) in [5.74, 6) is 3.27. The number of hydrogen-bond acceptors (Lipinski definition) is 6. The Morgan fingerprint density at radius 3 is 2.74 bits per heavy atom. The van der Waals surface area contributed by atoms with Crippen molar-refractivity contribution in [2.45, 2.75) is 51.1 Å². The maximum atomic E-state index is 10.8. The SMILES string of the molecule is Cc1cc([N+](=O)[O-])cnc1NCc1nnc(C2CC2)n1C1CC1. The standard InChI is InChI=1S/C15H18N6O2/c1-9-6-12(21(22)23)7-16-14(9)17-8-13-18-19-15(10-2-3-10)20(13)11-4-5-11/h6-7,10-11H,2-5,8H2,1H3,(H,16,17). The van der Waals surface area contributed by atoms with Gasteiger partial charge in [-0.05, 0) is 38.2 Å². The minimum absolute atomic E-state index is 0.00483. The second kappa shape index (κ2) is 5.29. The van der Waals surface area contributed by atoms with Gasteiger partial charge < -0.3 is 9.88 Å². The molecule has 2 fully saturated rings. The van der Waals surface area contributed by atoms with E-state index in [2.05, 4.69) is 25.1 Å². The van der Waals surface area contributed by atoms with Crippen LogP contribution in [-0.4, -0.2) is 24.7 Å². The number of nitrogens with one attached hydrogen (secondary N) is 1. The fraction of sp³-hybridized carbons (Fsp3) is 0.533. The smallest absolute Gasteiger partial charge is 0.287 e. The van der Waals surface area contributed by atoms with Crippen molar-refractivity contribution >= 4 is 11.5 Å². The van der Waals surface area contributed by atoms with Gasteiger partial charge in [-0.15, -0.1) is 10.2 Å². The molecule has 0 aliphatic heterocycles. The van der Waals surface area contributed by atoms with Gasteiger partial charge in [-0.3, -0.25) is 10.1 Å². The summed E-state index contributed by atoms with van der Waals surface area (Å²) in [4.78, 5) is 14.5. The fourth-order valence-corrected chi connectivity index (χ4v) is 2.82. The Kier molecular flexibility index (Phi) is 3.24. The van der Waals surface area contributed by atoms with Crippen molar-refractivity contribution in [3.8, 4) is 0 Å². The summed E-state index contributed by atoms with van der Waals surface area (Å²) < 4.78 is 2.28. The second-order valence-corrected chi connectivity index (χ2v) is 6.32. The Hall–Kier alpha value is -2.51. The zero-order valence-corrected chi connectivity index (χ0v) is 12.9. The average Bonchev–Trinajstić information content (AvgIpc) is 3.44. The highest BCUT2D eigenvalue weighted by atomic mass is 16.6.